The molecule has 0 radical (unpaired) electrons. The van der Waals surface area contributed by atoms with Crippen LogP contribution >= 0.6 is 23.5 Å². The number of carbonyl (C=O) groups is 1. The molecule has 22 heavy (non-hydrogen) atoms. The molecule has 0 aliphatic heterocycles. The van der Waals surface area contributed by atoms with Gasteiger partial charge in [0.2, 0.25) is 5.91 Å². The largest absolute Gasteiger partial charge is 0.326 e. The van der Waals surface area contributed by atoms with Gasteiger partial charge in [0.05, 0.1) is 23.2 Å². The van der Waals surface area contributed by atoms with Crippen LogP contribution in [0.2, 0.25) is 0 Å². The Morgan fingerprint density at radius 3 is 3.18 bits per heavy atom. The van der Waals surface area contributed by atoms with Gasteiger partial charge in [-0.15, -0.1) is 0 Å². The lowest BCUT2D eigenvalue weighted by molar-refractivity contribution is -0.113. The van der Waals surface area contributed by atoms with Crippen LogP contribution in [0.1, 0.15) is 13.3 Å². The summed E-state index contributed by atoms with van der Waals surface area (Å²) in [5.41, 5.74) is 2.24. The van der Waals surface area contributed by atoms with Crippen molar-refractivity contribution in [3.05, 3.63) is 30.6 Å². The maximum Gasteiger partial charge on any atom is 0.234 e. The van der Waals surface area contributed by atoms with E-state index in [1.807, 2.05) is 24.4 Å². The summed E-state index contributed by atoms with van der Waals surface area (Å²) in [5.74, 6) is 0.242. The van der Waals surface area contributed by atoms with Crippen molar-refractivity contribution in [3.8, 4) is 0 Å². The van der Waals surface area contributed by atoms with Gasteiger partial charge in [-0.25, -0.2) is 4.98 Å². The van der Waals surface area contributed by atoms with Crippen molar-refractivity contribution in [2.45, 2.75) is 25.0 Å². The number of anilines is 1. The lowest BCUT2D eigenvalue weighted by atomic mass is 10.2. The number of fused-ring (bicyclic) bond motifs is 1. The molecular weight excluding hydrogens is 318 g/mol. The molecule has 0 unspecified atom stereocenters. The van der Waals surface area contributed by atoms with E-state index in [1.165, 1.54) is 11.8 Å². The smallest absolute Gasteiger partial charge is 0.234 e. The molecule has 3 aromatic rings. The van der Waals surface area contributed by atoms with Crippen molar-refractivity contribution in [1.29, 1.82) is 0 Å². The Labute approximate surface area is 136 Å². The minimum absolute atomic E-state index is 0.0726. The molecule has 3 rings (SSSR count). The second kappa shape index (κ2) is 6.89. The Kier molecular flexibility index (Phi) is 4.69. The number of aromatic nitrogens is 4. The van der Waals surface area contributed by atoms with Crippen molar-refractivity contribution in [3.63, 3.8) is 0 Å². The second-order valence-electron chi connectivity index (χ2n) is 4.68. The number of nitrogens with zero attached hydrogens (tertiary/aromatic N) is 4. The van der Waals surface area contributed by atoms with Gasteiger partial charge in [-0.1, -0.05) is 24.8 Å². The highest BCUT2D eigenvalue weighted by Gasteiger charge is 2.10. The minimum atomic E-state index is -0.0726. The predicted octanol–water partition coefficient (Wildman–Crippen LogP) is 3.03. The third kappa shape index (κ3) is 3.28. The first kappa shape index (κ1) is 15.0. The van der Waals surface area contributed by atoms with Gasteiger partial charge in [-0.3, -0.25) is 4.79 Å². The summed E-state index contributed by atoms with van der Waals surface area (Å²) in [6.45, 7) is 3.03. The van der Waals surface area contributed by atoms with Crippen LogP contribution < -0.4 is 5.32 Å². The first-order valence-electron chi connectivity index (χ1n) is 6.93. The molecule has 0 aliphatic rings. The molecule has 114 valence electrons. The number of hydrogen-bond acceptors (Lipinski definition) is 6. The number of aryl methyl sites for hydroxylation is 1. The zero-order valence-electron chi connectivity index (χ0n) is 12.0. The Morgan fingerprint density at radius 1 is 1.41 bits per heavy atom. The molecule has 0 atom stereocenters. The third-order valence-corrected chi connectivity index (χ3v) is 4.58. The van der Waals surface area contributed by atoms with Crippen molar-refractivity contribution in [1.82, 2.24) is 18.3 Å². The molecule has 6 nitrogen and oxygen atoms in total. The number of rotatable bonds is 6. The first-order chi connectivity index (χ1) is 10.8. The summed E-state index contributed by atoms with van der Waals surface area (Å²) in [5, 5.41) is 3.76. The average molecular weight is 333 g/mol. The number of carbonyl (C=O) groups excluding carboxylic acids is 1. The number of amides is 1. The van der Waals surface area contributed by atoms with Crippen LogP contribution in [-0.4, -0.2) is 30.0 Å². The number of imidazole rings is 1. The summed E-state index contributed by atoms with van der Waals surface area (Å²) in [7, 11) is 0. The molecule has 1 amide bonds. The van der Waals surface area contributed by atoms with Crippen LogP contribution in [0.15, 0.2) is 35.7 Å². The maximum atomic E-state index is 12.1. The van der Waals surface area contributed by atoms with E-state index in [0.29, 0.717) is 11.4 Å². The number of benzene rings is 1. The van der Waals surface area contributed by atoms with Crippen LogP contribution in [0.3, 0.4) is 0 Å². The molecule has 2 aromatic heterocycles. The maximum absolute atomic E-state index is 12.1. The Balaban J connectivity index is 1.63. The fourth-order valence-corrected chi connectivity index (χ4v) is 3.41. The highest BCUT2D eigenvalue weighted by Crippen LogP contribution is 2.22. The molecule has 0 fully saturated rings. The molecule has 0 saturated carbocycles. The average Bonchev–Trinajstić information content (AvgIpc) is 3.15. The fourth-order valence-electron chi connectivity index (χ4n) is 2.07. The minimum Gasteiger partial charge on any atom is -0.326 e. The number of thioether (sulfide) groups is 1. The summed E-state index contributed by atoms with van der Waals surface area (Å²) in [6.07, 6.45) is 4.73. The van der Waals surface area contributed by atoms with Crippen molar-refractivity contribution < 1.29 is 4.79 Å². The highest BCUT2D eigenvalue weighted by atomic mass is 32.2. The van der Waals surface area contributed by atoms with E-state index in [4.69, 9.17) is 0 Å². The van der Waals surface area contributed by atoms with Gasteiger partial charge in [-0.05, 0) is 18.6 Å². The van der Waals surface area contributed by atoms with Crippen LogP contribution in [0.5, 0.6) is 0 Å². The topological polar surface area (TPSA) is 72.7 Å². The summed E-state index contributed by atoms with van der Waals surface area (Å²) >= 11 is 2.58. The lowest BCUT2D eigenvalue weighted by Gasteiger charge is -2.07. The van der Waals surface area contributed by atoms with Gasteiger partial charge in [0.1, 0.15) is 11.0 Å². The SMILES string of the molecule is CCCn1ccnc1SCC(=O)Nc1cccc2nsnc12. The van der Waals surface area contributed by atoms with Crippen molar-refractivity contribution in [2.24, 2.45) is 0 Å². The molecular formula is C14H15N5OS2. The van der Waals surface area contributed by atoms with Crippen molar-refractivity contribution >= 4 is 46.1 Å². The Hall–Kier alpha value is -1.93. The molecule has 0 saturated heterocycles. The highest BCUT2D eigenvalue weighted by molar-refractivity contribution is 7.99. The van der Waals surface area contributed by atoms with Gasteiger partial charge in [0.15, 0.2) is 5.16 Å². The summed E-state index contributed by atoms with van der Waals surface area (Å²) in [6, 6.07) is 5.58. The Morgan fingerprint density at radius 2 is 2.32 bits per heavy atom. The number of nitrogens with one attached hydrogen (secondary N) is 1. The van der Waals surface area contributed by atoms with Crippen LogP contribution in [0.4, 0.5) is 5.69 Å². The molecule has 1 N–H and O–H groups in total. The van der Waals surface area contributed by atoms with Crippen LogP contribution in [-0.2, 0) is 11.3 Å². The van der Waals surface area contributed by atoms with Crippen LogP contribution in [0.25, 0.3) is 11.0 Å². The molecule has 0 aliphatic carbocycles. The summed E-state index contributed by atoms with van der Waals surface area (Å²) < 4.78 is 10.4. The van der Waals surface area contributed by atoms with Gasteiger partial charge in [-0.2, -0.15) is 8.75 Å². The molecule has 0 bridgehead atoms. The van der Waals surface area contributed by atoms with Gasteiger partial charge < -0.3 is 9.88 Å². The van der Waals surface area contributed by atoms with E-state index in [2.05, 4.69) is 30.5 Å². The van der Waals surface area contributed by atoms with Crippen LogP contribution in [0, 0.1) is 0 Å². The van der Waals surface area contributed by atoms with Crippen molar-refractivity contribution in [2.75, 3.05) is 11.1 Å². The zero-order chi connectivity index (χ0) is 15.4. The lowest BCUT2D eigenvalue weighted by Crippen LogP contribution is -2.15. The number of hydrogen-bond donors (Lipinski definition) is 1. The first-order valence-corrected chi connectivity index (χ1v) is 8.64. The van der Waals surface area contributed by atoms with Gasteiger partial charge in [0.25, 0.3) is 0 Å². The standard InChI is InChI=1S/C14H15N5OS2/c1-2-7-19-8-6-15-14(19)21-9-12(20)16-10-4-3-5-11-13(10)18-22-17-11/h3-6,8H,2,7,9H2,1H3,(H,16,20). The summed E-state index contributed by atoms with van der Waals surface area (Å²) in [4.78, 5) is 16.4. The molecule has 8 heteroatoms. The fraction of sp³-hybridized carbons (Fsp3) is 0.286. The van der Waals surface area contributed by atoms with E-state index < -0.39 is 0 Å². The zero-order valence-corrected chi connectivity index (χ0v) is 13.7. The van der Waals surface area contributed by atoms with E-state index in [1.54, 1.807) is 6.20 Å². The molecule has 2 heterocycles. The van der Waals surface area contributed by atoms with Gasteiger partial charge >= 0.3 is 0 Å². The van der Waals surface area contributed by atoms with E-state index in [0.717, 1.165) is 40.9 Å². The van der Waals surface area contributed by atoms with E-state index >= 15 is 0 Å². The Bertz CT molecular complexity index is 782. The quantitative estimate of drug-likeness (QED) is 0.702. The molecule has 0 spiro atoms. The van der Waals surface area contributed by atoms with Gasteiger partial charge in [0, 0.05) is 18.9 Å². The third-order valence-electron chi connectivity index (χ3n) is 3.03. The monoisotopic (exact) mass is 333 g/mol. The predicted molar refractivity (Wildman–Crippen MR) is 89.3 cm³/mol. The normalized spacial score (nSPS) is 11.0. The second-order valence-corrected chi connectivity index (χ2v) is 6.15. The molecule has 1 aromatic carbocycles. The van der Waals surface area contributed by atoms with E-state index in [-0.39, 0.29) is 5.91 Å². The van der Waals surface area contributed by atoms with E-state index in [9.17, 15) is 4.79 Å².